The van der Waals surface area contributed by atoms with Crippen LogP contribution < -0.4 is 0 Å². The average Bonchev–Trinajstić information content (AvgIpc) is 2.75. The Morgan fingerprint density at radius 3 is 3.00 bits per heavy atom. The molecule has 2 rings (SSSR count). The van der Waals surface area contributed by atoms with Crippen molar-refractivity contribution in [3.63, 3.8) is 0 Å². The summed E-state index contributed by atoms with van der Waals surface area (Å²) in [6.45, 7) is 6.08. The minimum absolute atomic E-state index is 0.284. The predicted molar refractivity (Wildman–Crippen MR) is 66.9 cm³/mol. The van der Waals surface area contributed by atoms with Crippen molar-refractivity contribution in [2.45, 2.75) is 39.2 Å². The highest BCUT2D eigenvalue weighted by Crippen LogP contribution is 2.24. The first-order valence-electron chi connectivity index (χ1n) is 5.66. The summed E-state index contributed by atoms with van der Waals surface area (Å²) in [5, 5.41) is 12.4. The van der Waals surface area contributed by atoms with E-state index >= 15 is 0 Å². The van der Waals surface area contributed by atoms with Crippen LogP contribution in [0, 0.1) is 5.92 Å². The Hall–Kier alpha value is -0.870. The highest BCUT2D eigenvalue weighted by molar-refractivity contribution is 7.15. The number of hydrogen-bond acceptors (Lipinski definition) is 3. The minimum Gasteiger partial charge on any atom is -0.389 e. The van der Waals surface area contributed by atoms with E-state index in [9.17, 15) is 5.11 Å². The lowest BCUT2D eigenvalue weighted by Gasteiger charge is -2.28. The molecule has 2 unspecified atom stereocenters. The molecule has 2 aromatic rings. The number of fused-ring (bicyclic) bond motifs is 1. The van der Waals surface area contributed by atoms with Crippen LogP contribution in [0.4, 0.5) is 0 Å². The van der Waals surface area contributed by atoms with Crippen LogP contribution in [0.3, 0.4) is 0 Å². The number of rotatable bonds is 4. The molecular formula is C12H18N2OS. The number of nitrogens with zero attached hydrogens (tertiary/aromatic N) is 2. The van der Waals surface area contributed by atoms with E-state index in [1.807, 2.05) is 29.1 Å². The smallest absolute Gasteiger partial charge is 0.193 e. The fourth-order valence-corrected chi connectivity index (χ4v) is 2.56. The maximum Gasteiger partial charge on any atom is 0.193 e. The van der Waals surface area contributed by atoms with E-state index in [0.717, 1.165) is 17.1 Å². The molecule has 0 aromatic carbocycles. The largest absolute Gasteiger partial charge is 0.389 e. The lowest BCUT2D eigenvalue weighted by Crippen LogP contribution is -2.35. The third kappa shape index (κ3) is 2.13. The van der Waals surface area contributed by atoms with Crippen LogP contribution in [-0.2, 0) is 6.42 Å². The van der Waals surface area contributed by atoms with Gasteiger partial charge in [-0.25, -0.2) is 4.98 Å². The zero-order valence-corrected chi connectivity index (χ0v) is 10.8. The fourth-order valence-electron chi connectivity index (χ4n) is 1.84. The first-order valence-corrected chi connectivity index (χ1v) is 6.54. The molecule has 0 saturated heterocycles. The maximum absolute atomic E-state index is 10.4. The van der Waals surface area contributed by atoms with Gasteiger partial charge in [-0.2, -0.15) is 0 Å². The molecule has 0 fully saturated rings. The van der Waals surface area contributed by atoms with Gasteiger partial charge < -0.3 is 5.11 Å². The van der Waals surface area contributed by atoms with Crippen molar-refractivity contribution in [1.29, 1.82) is 0 Å². The minimum atomic E-state index is -0.668. The molecule has 16 heavy (non-hydrogen) atoms. The number of hydrogen-bond donors (Lipinski definition) is 1. The first kappa shape index (κ1) is 11.6. The highest BCUT2D eigenvalue weighted by Gasteiger charge is 2.28. The summed E-state index contributed by atoms with van der Waals surface area (Å²) in [6, 6.07) is 0. The summed E-state index contributed by atoms with van der Waals surface area (Å²) in [5.41, 5.74) is 0.302. The van der Waals surface area contributed by atoms with Gasteiger partial charge in [-0.05, 0) is 12.8 Å². The summed E-state index contributed by atoms with van der Waals surface area (Å²) < 4.78 is 2.01. The summed E-state index contributed by atoms with van der Waals surface area (Å²) in [6.07, 6.45) is 5.60. The molecule has 2 aromatic heterocycles. The van der Waals surface area contributed by atoms with E-state index in [1.165, 1.54) is 0 Å². The number of aromatic nitrogens is 2. The van der Waals surface area contributed by atoms with Crippen molar-refractivity contribution >= 4 is 16.3 Å². The molecule has 0 aliphatic rings. The Bertz CT molecular complexity index is 444. The summed E-state index contributed by atoms with van der Waals surface area (Å²) >= 11 is 1.62. The van der Waals surface area contributed by atoms with Crippen LogP contribution in [0.1, 0.15) is 32.9 Å². The molecule has 2 heterocycles. The molecular weight excluding hydrogens is 220 g/mol. The normalized spacial score (nSPS) is 17.5. The molecule has 2 atom stereocenters. The number of thiazole rings is 1. The van der Waals surface area contributed by atoms with Gasteiger partial charge in [-0.1, -0.05) is 20.3 Å². The second-order valence-electron chi connectivity index (χ2n) is 4.67. The van der Waals surface area contributed by atoms with Crippen LogP contribution in [-0.4, -0.2) is 20.1 Å². The van der Waals surface area contributed by atoms with E-state index in [4.69, 9.17) is 0 Å². The summed E-state index contributed by atoms with van der Waals surface area (Å²) in [5.74, 6) is 0.284. The standard InChI is InChI=1S/C12H18N2OS/c1-4-9(2)12(3,15)7-10-8-14-5-6-16-11(14)13-10/h5-6,8-9,15H,4,7H2,1-3H3. The fraction of sp³-hybridized carbons (Fsp3) is 0.583. The van der Waals surface area contributed by atoms with Crippen molar-refractivity contribution in [3.05, 3.63) is 23.5 Å². The van der Waals surface area contributed by atoms with E-state index < -0.39 is 5.60 Å². The molecule has 1 N–H and O–H groups in total. The van der Waals surface area contributed by atoms with Gasteiger partial charge >= 0.3 is 0 Å². The zero-order valence-electron chi connectivity index (χ0n) is 9.97. The predicted octanol–water partition coefficient (Wildman–Crippen LogP) is 2.74. The van der Waals surface area contributed by atoms with E-state index in [2.05, 4.69) is 18.8 Å². The molecule has 0 saturated carbocycles. The van der Waals surface area contributed by atoms with Crippen molar-refractivity contribution in [2.75, 3.05) is 0 Å². The zero-order chi connectivity index (χ0) is 11.8. The SMILES string of the molecule is CCC(C)C(C)(O)Cc1cn2ccsc2n1. The molecule has 88 valence electrons. The van der Waals surface area contributed by atoms with Crippen LogP contribution in [0.15, 0.2) is 17.8 Å². The van der Waals surface area contributed by atoms with Gasteiger partial charge in [0.2, 0.25) is 0 Å². The monoisotopic (exact) mass is 238 g/mol. The second-order valence-corrected chi connectivity index (χ2v) is 5.54. The number of aliphatic hydroxyl groups is 1. The van der Waals surface area contributed by atoms with Crippen molar-refractivity contribution in [3.8, 4) is 0 Å². The van der Waals surface area contributed by atoms with Gasteiger partial charge in [0.1, 0.15) is 0 Å². The van der Waals surface area contributed by atoms with Gasteiger partial charge in [0.25, 0.3) is 0 Å². The Balaban J connectivity index is 2.18. The quantitative estimate of drug-likeness (QED) is 0.889. The van der Waals surface area contributed by atoms with Crippen LogP contribution in [0.25, 0.3) is 4.96 Å². The second kappa shape index (κ2) is 4.18. The van der Waals surface area contributed by atoms with E-state index in [0.29, 0.717) is 6.42 Å². The Labute approximate surface area is 99.8 Å². The molecule has 0 aliphatic carbocycles. The van der Waals surface area contributed by atoms with E-state index in [1.54, 1.807) is 11.3 Å². The summed E-state index contributed by atoms with van der Waals surface area (Å²) in [7, 11) is 0. The highest BCUT2D eigenvalue weighted by atomic mass is 32.1. The maximum atomic E-state index is 10.4. The van der Waals surface area contributed by atoms with Gasteiger partial charge in [0, 0.05) is 24.2 Å². The summed E-state index contributed by atoms with van der Waals surface area (Å²) in [4.78, 5) is 5.49. The number of imidazole rings is 1. The first-order chi connectivity index (χ1) is 7.53. The molecule has 0 amide bonds. The van der Waals surface area contributed by atoms with Crippen LogP contribution in [0.5, 0.6) is 0 Å². The Kier molecular flexibility index (Phi) is 3.04. The molecule has 0 radical (unpaired) electrons. The molecule has 3 nitrogen and oxygen atoms in total. The van der Waals surface area contributed by atoms with Crippen molar-refractivity contribution in [2.24, 2.45) is 5.92 Å². The Morgan fingerprint density at radius 2 is 2.38 bits per heavy atom. The van der Waals surface area contributed by atoms with Crippen LogP contribution >= 0.6 is 11.3 Å². The Morgan fingerprint density at radius 1 is 1.62 bits per heavy atom. The third-order valence-corrected chi connectivity index (χ3v) is 4.13. The lowest BCUT2D eigenvalue weighted by molar-refractivity contribution is 0.00444. The molecule has 0 aliphatic heterocycles. The topological polar surface area (TPSA) is 37.5 Å². The van der Waals surface area contributed by atoms with E-state index in [-0.39, 0.29) is 5.92 Å². The molecule has 4 heteroatoms. The van der Waals surface area contributed by atoms with Gasteiger partial charge in [0.05, 0.1) is 11.3 Å². The lowest BCUT2D eigenvalue weighted by atomic mass is 9.85. The van der Waals surface area contributed by atoms with Crippen LogP contribution in [0.2, 0.25) is 0 Å². The third-order valence-electron chi connectivity index (χ3n) is 3.36. The van der Waals surface area contributed by atoms with Gasteiger partial charge in [-0.3, -0.25) is 4.40 Å². The average molecular weight is 238 g/mol. The molecule has 0 bridgehead atoms. The van der Waals surface area contributed by atoms with Crippen molar-refractivity contribution in [1.82, 2.24) is 9.38 Å². The van der Waals surface area contributed by atoms with Gasteiger partial charge in [0.15, 0.2) is 4.96 Å². The van der Waals surface area contributed by atoms with Crippen molar-refractivity contribution < 1.29 is 5.11 Å². The molecule has 0 spiro atoms. The van der Waals surface area contributed by atoms with Gasteiger partial charge in [-0.15, -0.1) is 11.3 Å².